The third-order valence-corrected chi connectivity index (χ3v) is 6.86. The van der Waals surface area contributed by atoms with Crippen LogP contribution in [0.3, 0.4) is 0 Å². The van der Waals surface area contributed by atoms with Crippen LogP contribution in [0.15, 0.2) is 140 Å². The molecule has 1 aliphatic heterocycles. The van der Waals surface area contributed by atoms with Gasteiger partial charge in [-0.15, -0.1) is 0 Å². The number of rotatable bonds is 4. The first-order chi connectivity index (χ1) is 17.9. The molecule has 7 rings (SSSR count). The van der Waals surface area contributed by atoms with Crippen LogP contribution in [0, 0.1) is 0 Å². The Morgan fingerprint density at radius 2 is 1.06 bits per heavy atom. The molecule has 2 heteroatoms. The van der Waals surface area contributed by atoms with Crippen LogP contribution in [-0.4, -0.2) is 0 Å². The lowest BCUT2D eigenvalue weighted by Gasteiger charge is -2.29. The number of para-hydroxylation sites is 2. The maximum atomic E-state index is 6.34. The molecule has 0 atom stereocenters. The first-order valence-corrected chi connectivity index (χ1v) is 12.2. The minimum absolute atomic E-state index is 0.899. The zero-order valence-corrected chi connectivity index (χ0v) is 19.6. The van der Waals surface area contributed by atoms with Crippen LogP contribution in [0.25, 0.3) is 33.0 Å². The van der Waals surface area contributed by atoms with E-state index >= 15 is 0 Å². The van der Waals surface area contributed by atoms with Crippen molar-refractivity contribution in [2.75, 3.05) is 4.90 Å². The topological polar surface area (TPSA) is 12.5 Å². The van der Waals surface area contributed by atoms with Crippen LogP contribution in [0.2, 0.25) is 0 Å². The van der Waals surface area contributed by atoms with Gasteiger partial charge in [-0.05, 0) is 59.2 Å². The number of nitrogens with zero attached hydrogens (tertiary/aromatic N) is 1. The van der Waals surface area contributed by atoms with Gasteiger partial charge in [-0.25, -0.2) is 0 Å². The largest absolute Gasteiger partial charge is 0.456 e. The van der Waals surface area contributed by atoms with Crippen molar-refractivity contribution < 1.29 is 4.74 Å². The standard InChI is InChI=1S/C34H23NO/c1-3-10-24(11-4-1)25-18-20-27(21-19-25)35(26-12-5-2-6-13-26)31-23-22-29-28-14-7-8-16-32(28)36-33-17-9-15-30(31)34(29)33/h1-23H. The summed E-state index contributed by atoms with van der Waals surface area (Å²) in [6, 6.07) is 48.9. The Morgan fingerprint density at radius 3 is 1.86 bits per heavy atom. The van der Waals surface area contributed by atoms with E-state index in [2.05, 4.69) is 132 Å². The molecule has 0 aliphatic carbocycles. The predicted molar refractivity (Wildman–Crippen MR) is 150 cm³/mol. The molecule has 0 radical (unpaired) electrons. The van der Waals surface area contributed by atoms with E-state index < -0.39 is 0 Å². The van der Waals surface area contributed by atoms with Gasteiger partial charge in [0.2, 0.25) is 0 Å². The summed E-state index contributed by atoms with van der Waals surface area (Å²) in [5.41, 5.74) is 8.10. The summed E-state index contributed by atoms with van der Waals surface area (Å²) in [6.45, 7) is 0. The SMILES string of the molecule is c1ccc(-c2ccc(N(c3ccccc3)c3ccc4c5c(cccc35)Oc3ccccc3-4)cc2)cc1. The molecule has 36 heavy (non-hydrogen) atoms. The van der Waals surface area contributed by atoms with Crippen LogP contribution in [-0.2, 0) is 0 Å². The van der Waals surface area contributed by atoms with Crippen LogP contribution in [0.5, 0.6) is 11.5 Å². The molecule has 170 valence electrons. The summed E-state index contributed by atoms with van der Waals surface area (Å²) < 4.78 is 6.34. The van der Waals surface area contributed by atoms with Gasteiger partial charge < -0.3 is 9.64 Å². The van der Waals surface area contributed by atoms with Gasteiger partial charge in [0.05, 0.1) is 5.69 Å². The minimum atomic E-state index is 0.899. The van der Waals surface area contributed by atoms with E-state index in [1.54, 1.807) is 0 Å². The number of hydrogen-bond acceptors (Lipinski definition) is 2. The molecule has 0 fully saturated rings. The first-order valence-electron chi connectivity index (χ1n) is 12.2. The Hall–Kier alpha value is -4.82. The maximum Gasteiger partial charge on any atom is 0.135 e. The summed E-state index contributed by atoms with van der Waals surface area (Å²) in [7, 11) is 0. The maximum absolute atomic E-state index is 6.34. The second kappa shape index (κ2) is 8.44. The monoisotopic (exact) mass is 461 g/mol. The molecule has 2 nitrogen and oxygen atoms in total. The van der Waals surface area contributed by atoms with Gasteiger partial charge in [0.15, 0.2) is 0 Å². The number of anilines is 3. The molecule has 0 spiro atoms. The highest BCUT2D eigenvalue weighted by Gasteiger charge is 2.23. The Balaban J connectivity index is 1.43. The van der Waals surface area contributed by atoms with Crippen LogP contribution in [0.4, 0.5) is 17.1 Å². The van der Waals surface area contributed by atoms with Crippen molar-refractivity contribution in [3.05, 3.63) is 140 Å². The normalized spacial score (nSPS) is 11.6. The number of benzene rings is 6. The van der Waals surface area contributed by atoms with Crippen molar-refractivity contribution in [1.82, 2.24) is 0 Å². The van der Waals surface area contributed by atoms with Crippen molar-refractivity contribution in [1.29, 1.82) is 0 Å². The third-order valence-electron chi connectivity index (χ3n) is 6.86. The molecule has 0 aromatic heterocycles. The van der Waals surface area contributed by atoms with Gasteiger partial charge in [-0.2, -0.15) is 0 Å². The average molecular weight is 462 g/mol. The lowest BCUT2D eigenvalue weighted by Crippen LogP contribution is -2.11. The third kappa shape index (κ3) is 3.35. The zero-order valence-electron chi connectivity index (χ0n) is 19.6. The smallest absolute Gasteiger partial charge is 0.135 e. The fourth-order valence-corrected chi connectivity index (χ4v) is 5.20. The quantitative estimate of drug-likeness (QED) is 0.259. The lowest BCUT2D eigenvalue weighted by molar-refractivity contribution is 0.487. The van der Waals surface area contributed by atoms with Gasteiger partial charge in [0, 0.05) is 27.7 Å². The molecule has 0 unspecified atom stereocenters. The second-order valence-corrected chi connectivity index (χ2v) is 8.99. The number of ether oxygens (including phenoxy) is 1. The highest BCUT2D eigenvalue weighted by atomic mass is 16.5. The molecule has 6 aromatic carbocycles. The molecule has 0 bridgehead atoms. The van der Waals surface area contributed by atoms with Crippen molar-refractivity contribution in [2.24, 2.45) is 0 Å². The number of hydrogen-bond donors (Lipinski definition) is 0. The van der Waals surface area contributed by atoms with E-state index in [0.717, 1.165) is 44.9 Å². The number of fused-ring (bicyclic) bond motifs is 2. The van der Waals surface area contributed by atoms with Crippen molar-refractivity contribution in [3.63, 3.8) is 0 Å². The van der Waals surface area contributed by atoms with Gasteiger partial charge in [0.1, 0.15) is 11.5 Å². The van der Waals surface area contributed by atoms with Gasteiger partial charge in [-0.3, -0.25) is 0 Å². The molecule has 1 aliphatic rings. The van der Waals surface area contributed by atoms with Crippen LogP contribution >= 0.6 is 0 Å². The lowest BCUT2D eigenvalue weighted by atomic mass is 9.93. The van der Waals surface area contributed by atoms with E-state index in [1.165, 1.54) is 16.7 Å². The Bertz CT molecular complexity index is 1690. The molecular formula is C34H23NO. The van der Waals surface area contributed by atoms with Gasteiger partial charge in [-0.1, -0.05) is 97.1 Å². The minimum Gasteiger partial charge on any atom is -0.456 e. The Labute approximate surface area is 210 Å². The zero-order chi connectivity index (χ0) is 23.9. The van der Waals surface area contributed by atoms with Crippen molar-refractivity contribution >= 4 is 27.8 Å². The highest BCUT2D eigenvalue weighted by molar-refractivity contribution is 6.10. The Kier molecular flexibility index (Phi) is 4.82. The van der Waals surface area contributed by atoms with E-state index in [1.807, 2.05) is 12.1 Å². The first kappa shape index (κ1) is 20.5. The second-order valence-electron chi connectivity index (χ2n) is 8.99. The molecule has 0 amide bonds. The fraction of sp³-hybridized carbons (Fsp3) is 0. The van der Waals surface area contributed by atoms with Crippen molar-refractivity contribution in [2.45, 2.75) is 0 Å². The molecule has 1 heterocycles. The fourth-order valence-electron chi connectivity index (χ4n) is 5.20. The summed E-state index contributed by atoms with van der Waals surface area (Å²) in [5, 5.41) is 2.31. The molecule has 6 aromatic rings. The predicted octanol–water partition coefficient (Wildman–Crippen LogP) is 9.75. The summed E-state index contributed by atoms with van der Waals surface area (Å²) in [4.78, 5) is 2.33. The summed E-state index contributed by atoms with van der Waals surface area (Å²) in [6.07, 6.45) is 0. The average Bonchev–Trinajstić information content (AvgIpc) is 2.96. The van der Waals surface area contributed by atoms with E-state index in [9.17, 15) is 0 Å². The van der Waals surface area contributed by atoms with E-state index in [4.69, 9.17) is 4.74 Å². The summed E-state index contributed by atoms with van der Waals surface area (Å²) >= 11 is 0. The molecule has 0 saturated carbocycles. The van der Waals surface area contributed by atoms with Gasteiger partial charge in [0.25, 0.3) is 0 Å². The Morgan fingerprint density at radius 1 is 0.417 bits per heavy atom. The molecule has 0 saturated heterocycles. The van der Waals surface area contributed by atoms with Crippen molar-refractivity contribution in [3.8, 4) is 33.8 Å². The van der Waals surface area contributed by atoms with Crippen LogP contribution < -0.4 is 9.64 Å². The molecule has 0 N–H and O–H groups in total. The van der Waals surface area contributed by atoms with Gasteiger partial charge >= 0.3 is 0 Å². The highest BCUT2D eigenvalue weighted by Crippen LogP contribution is 2.50. The molecular weight excluding hydrogens is 438 g/mol. The van der Waals surface area contributed by atoms with E-state index in [0.29, 0.717) is 0 Å². The van der Waals surface area contributed by atoms with E-state index in [-0.39, 0.29) is 0 Å². The van der Waals surface area contributed by atoms with Crippen LogP contribution in [0.1, 0.15) is 0 Å². The summed E-state index contributed by atoms with van der Waals surface area (Å²) in [5.74, 6) is 1.80.